The Morgan fingerprint density at radius 1 is 1.26 bits per heavy atom. The SMILES string of the molecule is Cc1cc(C#N)cc(C(=O)NC(C)C)c1NC(=O)c1cc(Br)nn1-c1ncccc1Cl. The van der Waals surface area contributed by atoms with Crippen molar-refractivity contribution in [2.75, 3.05) is 5.32 Å². The van der Waals surface area contributed by atoms with Crippen molar-refractivity contribution in [1.29, 1.82) is 5.26 Å². The molecule has 0 saturated heterocycles. The Kier molecular flexibility index (Phi) is 6.73. The first-order valence-electron chi connectivity index (χ1n) is 9.24. The molecule has 8 nitrogen and oxygen atoms in total. The number of rotatable bonds is 5. The summed E-state index contributed by atoms with van der Waals surface area (Å²) in [4.78, 5) is 30.1. The minimum atomic E-state index is -0.522. The van der Waals surface area contributed by atoms with Gasteiger partial charge in [-0.3, -0.25) is 9.59 Å². The molecule has 0 unspecified atom stereocenters. The quantitative estimate of drug-likeness (QED) is 0.542. The van der Waals surface area contributed by atoms with Gasteiger partial charge >= 0.3 is 0 Å². The predicted molar refractivity (Wildman–Crippen MR) is 121 cm³/mol. The number of benzene rings is 1. The fraction of sp³-hybridized carbons (Fsp3) is 0.190. The molecule has 0 radical (unpaired) electrons. The molecular formula is C21H18BrClN6O2. The fourth-order valence-corrected chi connectivity index (χ4v) is 3.50. The van der Waals surface area contributed by atoms with Gasteiger partial charge in [0.2, 0.25) is 0 Å². The number of carbonyl (C=O) groups is 2. The zero-order valence-electron chi connectivity index (χ0n) is 16.9. The Morgan fingerprint density at radius 2 is 2.00 bits per heavy atom. The lowest BCUT2D eigenvalue weighted by Gasteiger charge is -2.16. The number of aryl methyl sites for hydroxylation is 1. The van der Waals surface area contributed by atoms with E-state index in [1.54, 1.807) is 25.1 Å². The van der Waals surface area contributed by atoms with Crippen LogP contribution < -0.4 is 10.6 Å². The molecule has 0 fully saturated rings. The molecule has 0 bridgehead atoms. The van der Waals surface area contributed by atoms with Gasteiger partial charge < -0.3 is 10.6 Å². The highest BCUT2D eigenvalue weighted by molar-refractivity contribution is 9.10. The number of carbonyl (C=O) groups excluding carboxylic acids is 2. The molecule has 0 aliphatic rings. The summed E-state index contributed by atoms with van der Waals surface area (Å²) in [7, 11) is 0. The minimum Gasteiger partial charge on any atom is -0.350 e. The van der Waals surface area contributed by atoms with E-state index in [4.69, 9.17) is 11.6 Å². The molecule has 0 aliphatic heterocycles. The molecule has 1 aromatic carbocycles. The van der Waals surface area contributed by atoms with Crippen LogP contribution in [0.5, 0.6) is 0 Å². The van der Waals surface area contributed by atoms with E-state index in [9.17, 15) is 14.9 Å². The van der Waals surface area contributed by atoms with Crippen LogP contribution in [-0.4, -0.2) is 32.6 Å². The topological polar surface area (TPSA) is 113 Å². The Balaban J connectivity index is 2.05. The van der Waals surface area contributed by atoms with Crippen molar-refractivity contribution in [3.63, 3.8) is 0 Å². The van der Waals surface area contributed by atoms with Crippen molar-refractivity contribution >= 4 is 45.0 Å². The number of nitriles is 1. The summed E-state index contributed by atoms with van der Waals surface area (Å²) in [5.41, 5.74) is 1.55. The third kappa shape index (κ3) is 4.93. The first kappa shape index (κ1) is 22.5. The minimum absolute atomic E-state index is 0.120. The zero-order valence-corrected chi connectivity index (χ0v) is 19.2. The molecule has 10 heteroatoms. The number of amides is 2. The second-order valence-corrected chi connectivity index (χ2v) is 8.20. The summed E-state index contributed by atoms with van der Waals surface area (Å²) in [6, 6.07) is 9.79. The van der Waals surface area contributed by atoms with Gasteiger partial charge in [-0.15, -0.1) is 0 Å². The number of halogens is 2. The molecule has 158 valence electrons. The molecule has 2 amide bonds. The van der Waals surface area contributed by atoms with Crippen LogP contribution >= 0.6 is 27.5 Å². The third-order valence-electron chi connectivity index (χ3n) is 4.22. The average molecular weight is 502 g/mol. The predicted octanol–water partition coefficient (Wildman–Crippen LogP) is 4.25. The van der Waals surface area contributed by atoms with E-state index in [1.807, 2.05) is 19.9 Å². The van der Waals surface area contributed by atoms with Crippen molar-refractivity contribution in [3.05, 3.63) is 68.5 Å². The maximum atomic E-state index is 13.2. The smallest absolute Gasteiger partial charge is 0.274 e. The van der Waals surface area contributed by atoms with Gasteiger partial charge in [0.15, 0.2) is 5.82 Å². The number of pyridine rings is 1. The van der Waals surface area contributed by atoms with E-state index in [-0.39, 0.29) is 23.1 Å². The van der Waals surface area contributed by atoms with Crippen LogP contribution in [0, 0.1) is 18.3 Å². The summed E-state index contributed by atoms with van der Waals surface area (Å²) < 4.78 is 1.72. The maximum absolute atomic E-state index is 13.2. The lowest BCUT2D eigenvalue weighted by atomic mass is 10.0. The standard InChI is InChI=1S/C21H18BrClN6O2/c1-11(2)26-20(30)14-8-13(10-24)7-12(3)18(14)27-21(31)16-9-17(22)28-29(16)19-15(23)5-4-6-25-19/h4-9,11H,1-3H3,(H,26,30)(H,27,31). The molecule has 0 aliphatic carbocycles. The van der Waals surface area contributed by atoms with Crippen LogP contribution in [0.1, 0.15) is 45.8 Å². The van der Waals surface area contributed by atoms with E-state index < -0.39 is 11.8 Å². The molecule has 2 heterocycles. The lowest BCUT2D eigenvalue weighted by Crippen LogP contribution is -2.31. The Hall–Kier alpha value is -3.22. The summed E-state index contributed by atoms with van der Waals surface area (Å²) in [6.45, 7) is 5.36. The first-order valence-corrected chi connectivity index (χ1v) is 10.4. The van der Waals surface area contributed by atoms with E-state index in [0.29, 0.717) is 26.4 Å². The van der Waals surface area contributed by atoms with Crippen LogP contribution in [-0.2, 0) is 0 Å². The van der Waals surface area contributed by atoms with Crippen molar-refractivity contribution in [3.8, 4) is 11.9 Å². The number of aromatic nitrogens is 3. The number of anilines is 1. The van der Waals surface area contributed by atoms with E-state index in [0.717, 1.165) is 0 Å². The summed E-state index contributed by atoms with van der Waals surface area (Å²) in [5, 5.41) is 19.4. The number of hydrogen-bond acceptors (Lipinski definition) is 5. The normalized spacial score (nSPS) is 10.6. The molecule has 0 atom stereocenters. The van der Waals surface area contributed by atoms with E-state index in [1.165, 1.54) is 23.0 Å². The molecule has 3 aromatic rings. The highest BCUT2D eigenvalue weighted by Crippen LogP contribution is 2.26. The van der Waals surface area contributed by atoms with Crippen LogP contribution in [0.4, 0.5) is 5.69 Å². The third-order valence-corrected chi connectivity index (χ3v) is 4.90. The van der Waals surface area contributed by atoms with Gasteiger partial charge in [-0.2, -0.15) is 10.4 Å². The zero-order chi connectivity index (χ0) is 22.7. The Bertz CT molecular complexity index is 1220. The van der Waals surface area contributed by atoms with Crippen LogP contribution in [0.15, 0.2) is 41.1 Å². The van der Waals surface area contributed by atoms with Crippen molar-refractivity contribution < 1.29 is 9.59 Å². The monoisotopic (exact) mass is 500 g/mol. The summed E-state index contributed by atoms with van der Waals surface area (Å²) in [6.07, 6.45) is 1.54. The van der Waals surface area contributed by atoms with Gasteiger partial charge in [0.05, 0.1) is 27.9 Å². The second kappa shape index (κ2) is 9.29. The molecule has 0 saturated carbocycles. The van der Waals surface area contributed by atoms with E-state index >= 15 is 0 Å². The average Bonchev–Trinajstić information content (AvgIpc) is 3.10. The van der Waals surface area contributed by atoms with Crippen LogP contribution in [0.3, 0.4) is 0 Å². The van der Waals surface area contributed by atoms with Gasteiger partial charge in [-0.1, -0.05) is 11.6 Å². The molecule has 0 spiro atoms. The van der Waals surface area contributed by atoms with Gasteiger partial charge in [0.1, 0.15) is 10.3 Å². The Morgan fingerprint density at radius 3 is 2.65 bits per heavy atom. The molecule has 31 heavy (non-hydrogen) atoms. The summed E-state index contributed by atoms with van der Waals surface area (Å²) >= 11 is 9.50. The van der Waals surface area contributed by atoms with Gasteiger partial charge in [0.25, 0.3) is 11.8 Å². The van der Waals surface area contributed by atoms with Crippen LogP contribution in [0.25, 0.3) is 5.82 Å². The lowest BCUT2D eigenvalue weighted by molar-refractivity contribution is 0.0944. The second-order valence-electron chi connectivity index (χ2n) is 6.98. The first-order chi connectivity index (χ1) is 14.7. The number of hydrogen-bond donors (Lipinski definition) is 2. The maximum Gasteiger partial charge on any atom is 0.274 e. The largest absolute Gasteiger partial charge is 0.350 e. The molecular weight excluding hydrogens is 484 g/mol. The number of nitrogens with one attached hydrogen (secondary N) is 2. The highest BCUT2D eigenvalue weighted by Gasteiger charge is 2.22. The Labute approximate surface area is 192 Å². The molecule has 2 aromatic heterocycles. The van der Waals surface area contributed by atoms with Gasteiger partial charge in [-0.25, -0.2) is 9.67 Å². The fourth-order valence-electron chi connectivity index (χ4n) is 2.92. The number of nitrogens with zero attached hydrogens (tertiary/aromatic N) is 4. The van der Waals surface area contributed by atoms with Crippen molar-refractivity contribution in [2.24, 2.45) is 0 Å². The van der Waals surface area contributed by atoms with Crippen molar-refractivity contribution in [2.45, 2.75) is 26.8 Å². The summed E-state index contributed by atoms with van der Waals surface area (Å²) in [5.74, 6) is -0.631. The van der Waals surface area contributed by atoms with E-state index in [2.05, 4.69) is 36.6 Å². The molecule has 3 rings (SSSR count). The highest BCUT2D eigenvalue weighted by atomic mass is 79.9. The van der Waals surface area contributed by atoms with Gasteiger partial charge in [0, 0.05) is 18.3 Å². The van der Waals surface area contributed by atoms with Gasteiger partial charge in [-0.05, 0) is 66.5 Å². The van der Waals surface area contributed by atoms with Crippen molar-refractivity contribution in [1.82, 2.24) is 20.1 Å². The molecule has 2 N–H and O–H groups in total. The van der Waals surface area contributed by atoms with Crippen LogP contribution in [0.2, 0.25) is 5.02 Å².